The number of hydrogen-bond acceptors (Lipinski definition) is 4. The lowest BCUT2D eigenvalue weighted by Gasteiger charge is -2.05. The van der Waals surface area contributed by atoms with Gasteiger partial charge in [0.15, 0.2) is 0 Å². The van der Waals surface area contributed by atoms with E-state index in [9.17, 15) is 18.0 Å². The van der Waals surface area contributed by atoms with Crippen molar-refractivity contribution in [3.05, 3.63) is 65.7 Å². The van der Waals surface area contributed by atoms with Gasteiger partial charge in [-0.05, 0) is 42.8 Å². The van der Waals surface area contributed by atoms with E-state index in [2.05, 4.69) is 0 Å². The second kappa shape index (κ2) is 9.43. The Morgan fingerprint density at radius 2 is 1.52 bits per heavy atom. The number of carboxylic acid groups (broad SMARTS) is 1. The maximum Gasteiger partial charge on any atom is 0.490 e. The molecule has 0 heterocycles. The Bertz CT molecular complexity index is 685. The first-order chi connectivity index (χ1) is 11.7. The number of alkyl halides is 3. The highest BCUT2D eigenvalue weighted by Gasteiger charge is 2.38. The highest BCUT2D eigenvalue weighted by molar-refractivity contribution is 5.90. The van der Waals surface area contributed by atoms with Gasteiger partial charge in [-0.25, -0.2) is 9.59 Å². The number of halogens is 3. The summed E-state index contributed by atoms with van der Waals surface area (Å²) >= 11 is 0. The molecule has 0 radical (unpaired) electrons. The molecule has 0 fully saturated rings. The van der Waals surface area contributed by atoms with Gasteiger partial charge < -0.3 is 15.6 Å². The topological polar surface area (TPSA) is 89.6 Å². The van der Waals surface area contributed by atoms with Crippen molar-refractivity contribution < 1.29 is 32.6 Å². The minimum Gasteiger partial charge on any atom is -0.475 e. The number of rotatable bonds is 4. The monoisotopic (exact) mass is 355 g/mol. The van der Waals surface area contributed by atoms with Crippen LogP contribution in [-0.2, 0) is 11.2 Å². The Morgan fingerprint density at radius 1 is 1.00 bits per heavy atom. The number of carbonyl (C=O) groups excluding carboxylic acids is 1. The van der Waals surface area contributed by atoms with Gasteiger partial charge in [0.2, 0.25) is 0 Å². The summed E-state index contributed by atoms with van der Waals surface area (Å²) in [5, 5.41) is 7.12. The maximum absolute atomic E-state index is 11.8. The highest BCUT2D eigenvalue weighted by atomic mass is 19.4. The van der Waals surface area contributed by atoms with Crippen molar-refractivity contribution >= 4 is 11.9 Å². The van der Waals surface area contributed by atoms with E-state index in [1.165, 1.54) is 0 Å². The Morgan fingerprint density at radius 3 is 1.96 bits per heavy atom. The SMILES string of the molecule is NCCc1ccc(OC(=O)c2ccccc2)cc1.O=C(O)C(F)(F)F. The largest absolute Gasteiger partial charge is 0.490 e. The van der Waals surface area contributed by atoms with Crippen molar-refractivity contribution in [3.8, 4) is 5.75 Å². The molecule has 3 N–H and O–H groups in total. The molecule has 0 aromatic heterocycles. The number of benzene rings is 2. The molecule has 2 aromatic rings. The second-order valence-corrected chi connectivity index (χ2v) is 4.74. The molecule has 0 amide bonds. The van der Waals surface area contributed by atoms with Crippen LogP contribution in [0.5, 0.6) is 5.75 Å². The molecule has 2 aromatic carbocycles. The van der Waals surface area contributed by atoms with Gasteiger partial charge in [0.1, 0.15) is 5.75 Å². The molecule has 0 atom stereocenters. The molecular weight excluding hydrogens is 339 g/mol. The molecule has 0 aliphatic rings. The zero-order chi connectivity index (χ0) is 18.9. The summed E-state index contributed by atoms with van der Waals surface area (Å²) in [6.07, 6.45) is -4.26. The molecule has 8 heteroatoms. The molecule has 25 heavy (non-hydrogen) atoms. The molecule has 0 bridgehead atoms. The summed E-state index contributed by atoms with van der Waals surface area (Å²) < 4.78 is 37.0. The van der Waals surface area contributed by atoms with Crippen LogP contribution in [0.4, 0.5) is 13.2 Å². The molecule has 0 spiro atoms. The zero-order valence-electron chi connectivity index (χ0n) is 13.0. The van der Waals surface area contributed by atoms with E-state index in [-0.39, 0.29) is 5.97 Å². The van der Waals surface area contributed by atoms with Crippen LogP contribution in [0.3, 0.4) is 0 Å². The van der Waals surface area contributed by atoms with Crippen LogP contribution in [-0.4, -0.2) is 29.8 Å². The number of ether oxygens (including phenoxy) is 1. The number of hydrogen-bond donors (Lipinski definition) is 2. The first-order valence-corrected chi connectivity index (χ1v) is 7.10. The van der Waals surface area contributed by atoms with E-state index in [1.54, 1.807) is 36.4 Å². The van der Waals surface area contributed by atoms with E-state index in [0.29, 0.717) is 17.9 Å². The third-order valence-electron chi connectivity index (χ3n) is 2.82. The Hall–Kier alpha value is -2.87. The summed E-state index contributed by atoms with van der Waals surface area (Å²) in [5.74, 6) is -2.56. The number of aliphatic carboxylic acids is 1. The fourth-order valence-corrected chi connectivity index (χ4v) is 1.63. The van der Waals surface area contributed by atoms with E-state index >= 15 is 0 Å². The van der Waals surface area contributed by atoms with Crippen molar-refractivity contribution in [1.82, 2.24) is 0 Å². The zero-order valence-corrected chi connectivity index (χ0v) is 13.0. The van der Waals surface area contributed by atoms with Crippen LogP contribution in [0.1, 0.15) is 15.9 Å². The first-order valence-electron chi connectivity index (χ1n) is 7.10. The summed E-state index contributed by atoms with van der Waals surface area (Å²) in [6.45, 7) is 0.614. The lowest BCUT2D eigenvalue weighted by atomic mass is 10.1. The number of carbonyl (C=O) groups is 2. The van der Waals surface area contributed by atoms with Gasteiger partial charge in [0.05, 0.1) is 5.56 Å². The molecule has 134 valence electrons. The van der Waals surface area contributed by atoms with Crippen LogP contribution < -0.4 is 10.5 Å². The van der Waals surface area contributed by atoms with Gasteiger partial charge in [-0.1, -0.05) is 30.3 Å². The average Bonchev–Trinajstić information content (AvgIpc) is 2.57. The summed E-state index contributed by atoms with van der Waals surface area (Å²) in [5.41, 5.74) is 7.15. The summed E-state index contributed by atoms with van der Waals surface area (Å²) in [6, 6.07) is 16.3. The second-order valence-electron chi connectivity index (χ2n) is 4.74. The van der Waals surface area contributed by atoms with Gasteiger partial charge in [0, 0.05) is 0 Å². The van der Waals surface area contributed by atoms with Crippen LogP contribution >= 0.6 is 0 Å². The van der Waals surface area contributed by atoms with Crippen molar-refractivity contribution in [3.63, 3.8) is 0 Å². The van der Waals surface area contributed by atoms with Crippen molar-refractivity contribution in [2.24, 2.45) is 5.73 Å². The van der Waals surface area contributed by atoms with E-state index in [4.69, 9.17) is 20.4 Å². The number of nitrogens with two attached hydrogens (primary N) is 1. The molecule has 5 nitrogen and oxygen atoms in total. The van der Waals surface area contributed by atoms with Crippen LogP contribution in [0.15, 0.2) is 54.6 Å². The fraction of sp³-hybridized carbons (Fsp3) is 0.176. The molecule has 0 unspecified atom stereocenters. The predicted octanol–water partition coefficient (Wildman–Crippen LogP) is 3.04. The molecule has 0 aliphatic heterocycles. The number of esters is 1. The lowest BCUT2D eigenvalue weighted by molar-refractivity contribution is -0.192. The molecule has 0 aliphatic carbocycles. The normalized spacial score (nSPS) is 10.4. The Balaban J connectivity index is 0.000000381. The molecule has 0 saturated carbocycles. The van der Waals surface area contributed by atoms with Gasteiger partial charge in [-0.2, -0.15) is 13.2 Å². The van der Waals surface area contributed by atoms with E-state index in [0.717, 1.165) is 12.0 Å². The van der Waals surface area contributed by atoms with Crippen LogP contribution in [0, 0.1) is 0 Å². The van der Waals surface area contributed by atoms with E-state index < -0.39 is 12.1 Å². The average molecular weight is 355 g/mol. The predicted molar refractivity (Wildman–Crippen MR) is 84.3 cm³/mol. The van der Waals surface area contributed by atoms with Gasteiger partial charge in [0.25, 0.3) is 0 Å². The van der Waals surface area contributed by atoms with Gasteiger partial charge in [-0.3, -0.25) is 0 Å². The Kier molecular flexibility index (Phi) is 7.61. The van der Waals surface area contributed by atoms with Crippen molar-refractivity contribution in [1.29, 1.82) is 0 Å². The summed E-state index contributed by atoms with van der Waals surface area (Å²) in [4.78, 5) is 20.7. The summed E-state index contributed by atoms with van der Waals surface area (Å²) in [7, 11) is 0. The quantitative estimate of drug-likeness (QED) is 0.650. The number of carboxylic acids is 1. The third kappa shape index (κ3) is 7.49. The van der Waals surface area contributed by atoms with Crippen LogP contribution in [0.2, 0.25) is 0 Å². The minimum absolute atomic E-state index is 0.345. The van der Waals surface area contributed by atoms with Gasteiger partial charge >= 0.3 is 18.1 Å². The van der Waals surface area contributed by atoms with Crippen LogP contribution in [0.25, 0.3) is 0 Å². The Labute approximate surface area is 141 Å². The van der Waals surface area contributed by atoms with Crippen molar-refractivity contribution in [2.75, 3.05) is 6.54 Å². The van der Waals surface area contributed by atoms with E-state index in [1.807, 2.05) is 18.2 Å². The maximum atomic E-state index is 11.8. The molecule has 2 rings (SSSR count). The standard InChI is InChI=1S/C15H15NO2.C2HF3O2/c16-11-10-12-6-8-14(9-7-12)18-15(17)13-4-2-1-3-5-13;3-2(4,5)1(6)7/h1-9H,10-11,16H2;(H,6,7). The molecule has 0 saturated heterocycles. The first kappa shape index (κ1) is 20.2. The fourth-order valence-electron chi connectivity index (χ4n) is 1.63. The van der Waals surface area contributed by atoms with Gasteiger partial charge in [-0.15, -0.1) is 0 Å². The lowest BCUT2D eigenvalue weighted by Crippen LogP contribution is -2.21. The van der Waals surface area contributed by atoms with Crippen molar-refractivity contribution in [2.45, 2.75) is 12.6 Å². The smallest absolute Gasteiger partial charge is 0.475 e. The highest BCUT2D eigenvalue weighted by Crippen LogP contribution is 2.14. The minimum atomic E-state index is -5.08. The molecular formula is C17H16F3NO4. The third-order valence-corrected chi connectivity index (χ3v) is 2.82.